The Kier molecular flexibility index (Phi) is 7.16. The minimum atomic E-state index is -2.09. The van der Waals surface area contributed by atoms with E-state index in [1.54, 1.807) is 0 Å². The molecule has 11 heteroatoms. The summed E-state index contributed by atoms with van der Waals surface area (Å²) in [6.45, 7) is 3.96. The highest BCUT2D eigenvalue weighted by Crippen LogP contribution is 2.32. The molecule has 1 amide bonds. The van der Waals surface area contributed by atoms with E-state index >= 15 is 0 Å². The number of rotatable bonds is 5. The molecule has 0 spiro atoms. The van der Waals surface area contributed by atoms with Gasteiger partial charge in [-0.15, -0.1) is 0 Å². The molecule has 1 heterocycles. The molecule has 0 saturated carbocycles. The fourth-order valence-corrected chi connectivity index (χ4v) is 2.49. The Balaban J connectivity index is 3.43. The second-order valence-electron chi connectivity index (χ2n) is 5.18. The third-order valence-corrected chi connectivity index (χ3v) is 3.10. The minimum absolute atomic E-state index is 0.495. The summed E-state index contributed by atoms with van der Waals surface area (Å²) in [7, 11) is 0. The third-order valence-electron chi connectivity index (χ3n) is 3.00. The van der Waals surface area contributed by atoms with Crippen LogP contribution in [-0.2, 0) is 38.1 Å². The molecule has 25 heavy (non-hydrogen) atoms. The van der Waals surface area contributed by atoms with Crippen molar-refractivity contribution in [3.8, 4) is 0 Å². The van der Waals surface area contributed by atoms with Crippen LogP contribution >= 0.6 is 12.2 Å². The maximum absolute atomic E-state index is 11.5. The lowest BCUT2D eigenvalue weighted by Gasteiger charge is -2.45. The molecule has 3 atom stereocenters. The number of hydrogen-bond donors (Lipinski definition) is 1. The summed E-state index contributed by atoms with van der Waals surface area (Å²) in [5.41, 5.74) is 0. The number of nitrogens with zero attached hydrogens (tertiary/aromatic N) is 1. The van der Waals surface area contributed by atoms with Gasteiger partial charge in [-0.05, 0) is 12.2 Å². The summed E-state index contributed by atoms with van der Waals surface area (Å²) in [6, 6.07) is -1.15. The largest absolute Gasteiger partial charge is 0.452 e. The topological polar surface area (TPSA) is 130 Å². The molecule has 1 rings (SSSR count). The number of carbonyl (C=O) groups excluding carboxylic acids is 4. The molecule has 0 radical (unpaired) electrons. The lowest BCUT2D eigenvalue weighted by molar-refractivity contribution is -0.310. The molecular formula is C14H18N2O8S. The maximum atomic E-state index is 11.5. The van der Waals surface area contributed by atoms with Gasteiger partial charge in [0.15, 0.2) is 6.23 Å². The molecule has 1 saturated heterocycles. The molecule has 0 bridgehead atoms. The van der Waals surface area contributed by atoms with Crippen LogP contribution in [0.2, 0.25) is 0 Å². The fraction of sp³-hybridized carbons (Fsp3) is 0.643. The number of ether oxygens (including phenoxy) is 4. The Morgan fingerprint density at radius 2 is 1.68 bits per heavy atom. The van der Waals surface area contributed by atoms with Crippen LogP contribution in [-0.4, -0.2) is 59.7 Å². The van der Waals surface area contributed by atoms with E-state index in [4.69, 9.17) is 18.9 Å². The maximum Gasteiger partial charge on any atom is 0.319 e. The van der Waals surface area contributed by atoms with Crippen LogP contribution < -0.4 is 5.32 Å². The number of isothiocyanates is 1. The summed E-state index contributed by atoms with van der Waals surface area (Å²) >= 11 is 4.54. The monoisotopic (exact) mass is 374 g/mol. The van der Waals surface area contributed by atoms with Gasteiger partial charge in [-0.2, -0.15) is 4.99 Å². The summed E-state index contributed by atoms with van der Waals surface area (Å²) in [6.07, 6.45) is -2.52. The number of amides is 1. The van der Waals surface area contributed by atoms with Gasteiger partial charge in [-0.3, -0.25) is 19.2 Å². The Labute approximate surface area is 148 Å². The molecule has 10 nitrogen and oxygen atoms in total. The summed E-state index contributed by atoms with van der Waals surface area (Å²) in [5, 5.41) is 4.57. The van der Waals surface area contributed by atoms with Crippen LogP contribution in [0.5, 0.6) is 0 Å². The Morgan fingerprint density at radius 1 is 1.12 bits per heavy atom. The first-order chi connectivity index (χ1) is 11.6. The summed E-state index contributed by atoms with van der Waals surface area (Å²) in [4.78, 5) is 49.9. The van der Waals surface area contributed by atoms with Crippen molar-refractivity contribution < 1.29 is 38.1 Å². The molecule has 1 aliphatic heterocycles. The van der Waals surface area contributed by atoms with Crippen LogP contribution in [0.3, 0.4) is 0 Å². The van der Waals surface area contributed by atoms with Gasteiger partial charge in [0.25, 0.3) is 0 Å². The van der Waals surface area contributed by atoms with Gasteiger partial charge in [0.1, 0.15) is 12.6 Å². The van der Waals surface area contributed by atoms with Crippen molar-refractivity contribution >= 4 is 41.2 Å². The molecule has 0 unspecified atom stereocenters. The van der Waals surface area contributed by atoms with E-state index < -0.39 is 54.6 Å². The van der Waals surface area contributed by atoms with Crippen LogP contribution in [0.25, 0.3) is 0 Å². The third kappa shape index (κ3) is 5.59. The first-order valence-electron chi connectivity index (χ1n) is 7.13. The van der Waals surface area contributed by atoms with Crippen molar-refractivity contribution in [2.75, 3.05) is 6.61 Å². The van der Waals surface area contributed by atoms with E-state index in [9.17, 15) is 19.2 Å². The molecule has 0 aromatic carbocycles. The van der Waals surface area contributed by atoms with Gasteiger partial charge in [0.05, 0.1) is 5.16 Å². The first-order valence-corrected chi connectivity index (χ1v) is 7.54. The standard InChI is InChI=1S/C14H18N2O8S/c1-7(17)16-11-12(22-8(2)18)14(23-9(3)19,24-10(4)20)5-21-13(11)15-6-25/h11-13H,5H2,1-4H3,(H,16,17)/t11-,12-,13-/m1/s1. The number of nitrogens with one attached hydrogen (secondary N) is 1. The summed E-state index contributed by atoms with van der Waals surface area (Å²) < 4.78 is 20.8. The van der Waals surface area contributed by atoms with Gasteiger partial charge >= 0.3 is 23.7 Å². The quantitative estimate of drug-likeness (QED) is 0.298. The highest BCUT2D eigenvalue weighted by molar-refractivity contribution is 7.78. The second kappa shape index (κ2) is 8.65. The zero-order valence-corrected chi connectivity index (χ0v) is 14.9. The predicted molar refractivity (Wildman–Crippen MR) is 84.2 cm³/mol. The van der Waals surface area contributed by atoms with Crippen molar-refractivity contribution in [2.24, 2.45) is 4.99 Å². The van der Waals surface area contributed by atoms with E-state index in [0.717, 1.165) is 20.8 Å². The van der Waals surface area contributed by atoms with Crippen LogP contribution in [0, 0.1) is 0 Å². The zero-order valence-electron chi connectivity index (χ0n) is 14.1. The molecule has 0 aromatic rings. The molecule has 138 valence electrons. The van der Waals surface area contributed by atoms with Crippen molar-refractivity contribution in [1.29, 1.82) is 0 Å². The highest BCUT2D eigenvalue weighted by Gasteiger charge is 2.58. The fourth-order valence-electron chi connectivity index (χ4n) is 2.39. The number of hydrogen-bond acceptors (Lipinski definition) is 10. The Hall–Kier alpha value is -2.36. The molecule has 0 aliphatic carbocycles. The van der Waals surface area contributed by atoms with E-state index in [0.29, 0.717) is 0 Å². The van der Waals surface area contributed by atoms with E-state index in [1.165, 1.54) is 6.92 Å². The molecular weight excluding hydrogens is 356 g/mol. The Morgan fingerprint density at radius 3 is 2.08 bits per heavy atom. The smallest absolute Gasteiger partial charge is 0.319 e. The van der Waals surface area contributed by atoms with Crippen molar-refractivity contribution in [3.05, 3.63) is 0 Å². The van der Waals surface area contributed by atoms with Gasteiger partial charge < -0.3 is 24.3 Å². The Bertz CT molecular complexity index is 600. The van der Waals surface area contributed by atoms with Crippen LogP contribution in [0.4, 0.5) is 0 Å². The van der Waals surface area contributed by atoms with Gasteiger partial charge in [-0.25, -0.2) is 0 Å². The molecule has 1 N–H and O–H groups in total. The zero-order chi connectivity index (χ0) is 19.2. The van der Waals surface area contributed by atoms with Gasteiger partial charge in [0, 0.05) is 27.7 Å². The van der Waals surface area contributed by atoms with Crippen LogP contribution in [0.1, 0.15) is 27.7 Å². The van der Waals surface area contributed by atoms with Crippen molar-refractivity contribution in [1.82, 2.24) is 5.32 Å². The second-order valence-corrected chi connectivity index (χ2v) is 5.36. The summed E-state index contributed by atoms with van der Waals surface area (Å²) in [5.74, 6) is -5.02. The van der Waals surface area contributed by atoms with Gasteiger partial charge in [-0.1, -0.05) is 0 Å². The van der Waals surface area contributed by atoms with E-state index in [-0.39, 0.29) is 0 Å². The average Bonchev–Trinajstić information content (AvgIpc) is 2.44. The van der Waals surface area contributed by atoms with E-state index in [2.05, 4.69) is 27.7 Å². The first kappa shape index (κ1) is 20.7. The molecule has 1 aliphatic rings. The SMILES string of the molecule is CC(=O)N[C@H]1[C@H](N=C=S)OCC(OC(C)=O)(OC(C)=O)[C@@H]1OC(C)=O. The molecule has 1 fully saturated rings. The molecule has 0 aromatic heterocycles. The van der Waals surface area contributed by atoms with E-state index in [1.807, 2.05) is 0 Å². The number of aliphatic imine (C=N–C) groups is 1. The minimum Gasteiger partial charge on any atom is -0.452 e. The number of carbonyl (C=O) groups is 4. The number of esters is 3. The normalized spacial score (nSPS) is 24.2. The average molecular weight is 374 g/mol. The lowest BCUT2D eigenvalue weighted by Crippen LogP contribution is -2.69. The number of thiocarbonyl (C=S) groups is 1. The van der Waals surface area contributed by atoms with Crippen molar-refractivity contribution in [3.63, 3.8) is 0 Å². The predicted octanol–water partition coefficient (Wildman–Crippen LogP) is -0.296. The lowest BCUT2D eigenvalue weighted by atomic mass is 9.97. The van der Waals surface area contributed by atoms with Crippen molar-refractivity contribution in [2.45, 2.75) is 51.9 Å². The van der Waals surface area contributed by atoms with Gasteiger partial charge in [0.2, 0.25) is 12.0 Å². The van der Waals surface area contributed by atoms with Crippen LogP contribution in [0.15, 0.2) is 4.99 Å². The highest BCUT2D eigenvalue weighted by atomic mass is 32.1.